The number of hydrogen-bond donors (Lipinski definition) is 0. The van der Waals surface area contributed by atoms with Gasteiger partial charge in [0.1, 0.15) is 0 Å². The van der Waals surface area contributed by atoms with E-state index in [0.29, 0.717) is 0 Å². The summed E-state index contributed by atoms with van der Waals surface area (Å²) < 4.78 is 0. The Labute approximate surface area is 55.0 Å². The van der Waals surface area contributed by atoms with Crippen molar-refractivity contribution in [2.45, 2.75) is 13.8 Å². The summed E-state index contributed by atoms with van der Waals surface area (Å²) in [5.74, 6) is 0.134. The molecule has 1 heteroatoms. The van der Waals surface area contributed by atoms with Gasteiger partial charge >= 0.3 is 0 Å². The molecule has 0 aromatic heterocycles. The first-order chi connectivity index (χ1) is 4.20. The highest BCUT2D eigenvalue weighted by Crippen LogP contribution is 2.12. The molecule has 1 aromatic carbocycles. The van der Waals surface area contributed by atoms with Gasteiger partial charge in [-0.2, -0.15) is 0 Å². The zero-order chi connectivity index (χ0) is 6.85. The van der Waals surface area contributed by atoms with Crippen molar-refractivity contribution in [3.8, 4) is 5.75 Å². The summed E-state index contributed by atoms with van der Waals surface area (Å²) in [7, 11) is 0. The molecule has 9 heavy (non-hydrogen) atoms. The van der Waals surface area contributed by atoms with Crippen LogP contribution in [0.5, 0.6) is 5.75 Å². The first-order valence-corrected chi connectivity index (χ1v) is 2.94. The smallest absolute Gasteiger partial charge is 0.0398 e. The Kier molecular flexibility index (Phi) is 1.43. The predicted octanol–water partition coefficient (Wildman–Crippen LogP) is 1.38. The first kappa shape index (κ1) is 6.14. The zero-order valence-electron chi connectivity index (χ0n) is 5.64. The van der Waals surface area contributed by atoms with Crippen LogP contribution in [0.3, 0.4) is 0 Å². The van der Waals surface area contributed by atoms with E-state index in [1.54, 1.807) is 6.07 Å². The van der Waals surface area contributed by atoms with Crippen molar-refractivity contribution in [3.05, 3.63) is 29.3 Å². The molecular weight excluding hydrogens is 112 g/mol. The second-order valence-corrected chi connectivity index (χ2v) is 2.27. The van der Waals surface area contributed by atoms with Crippen LogP contribution in [0.4, 0.5) is 0 Å². The fraction of sp³-hybridized carbons (Fsp3) is 0.250. The van der Waals surface area contributed by atoms with Gasteiger partial charge in [0, 0.05) is 0 Å². The SMILES string of the molecule is Cc1ccc(C)c([O-])c1. The van der Waals surface area contributed by atoms with Gasteiger partial charge in [-0.1, -0.05) is 29.3 Å². The van der Waals surface area contributed by atoms with E-state index in [2.05, 4.69) is 0 Å². The van der Waals surface area contributed by atoms with Gasteiger partial charge in [-0.25, -0.2) is 0 Å². The van der Waals surface area contributed by atoms with Crippen molar-refractivity contribution < 1.29 is 5.11 Å². The summed E-state index contributed by atoms with van der Waals surface area (Å²) in [5, 5.41) is 10.8. The third kappa shape index (κ3) is 1.22. The van der Waals surface area contributed by atoms with Crippen molar-refractivity contribution in [2.24, 2.45) is 0 Å². The molecule has 0 heterocycles. The van der Waals surface area contributed by atoms with E-state index in [1.165, 1.54) is 0 Å². The summed E-state index contributed by atoms with van der Waals surface area (Å²) in [6.45, 7) is 3.74. The molecule has 0 radical (unpaired) electrons. The fourth-order valence-electron chi connectivity index (χ4n) is 0.707. The molecule has 48 valence electrons. The normalized spacial score (nSPS) is 9.56. The summed E-state index contributed by atoms with van der Waals surface area (Å²) in [5.41, 5.74) is 1.85. The lowest BCUT2D eigenvalue weighted by Gasteiger charge is -2.09. The second-order valence-electron chi connectivity index (χ2n) is 2.27. The lowest BCUT2D eigenvalue weighted by Crippen LogP contribution is -1.92. The minimum absolute atomic E-state index is 0.134. The van der Waals surface area contributed by atoms with Gasteiger partial charge in [-0.3, -0.25) is 0 Å². The average molecular weight is 121 g/mol. The average Bonchev–Trinajstić information content (AvgIpc) is 1.80. The van der Waals surface area contributed by atoms with Gasteiger partial charge in [0.15, 0.2) is 0 Å². The van der Waals surface area contributed by atoms with E-state index < -0.39 is 0 Å². The summed E-state index contributed by atoms with van der Waals surface area (Å²) in [4.78, 5) is 0. The van der Waals surface area contributed by atoms with Crippen LogP contribution in [0.1, 0.15) is 11.1 Å². The van der Waals surface area contributed by atoms with Crippen LogP contribution in [0.25, 0.3) is 0 Å². The minimum atomic E-state index is 0.134. The maximum atomic E-state index is 10.8. The third-order valence-corrected chi connectivity index (χ3v) is 1.34. The van der Waals surface area contributed by atoms with Crippen molar-refractivity contribution >= 4 is 0 Å². The third-order valence-electron chi connectivity index (χ3n) is 1.34. The molecule has 0 saturated carbocycles. The maximum Gasteiger partial charge on any atom is -0.0398 e. The second kappa shape index (κ2) is 2.09. The first-order valence-electron chi connectivity index (χ1n) is 2.94. The molecule has 1 rings (SSSR count). The van der Waals surface area contributed by atoms with E-state index in [9.17, 15) is 5.11 Å². The highest BCUT2D eigenvalue weighted by atomic mass is 16.3. The van der Waals surface area contributed by atoms with Gasteiger partial charge in [-0.05, 0) is 13.8 Å². The Balaban J connectivity index is 3.17. The number of hydrogen-bond acceptors (Lipinski definition) is 1. The van der Waals surface area contributed by atoms with Crippen LogP contribution in [-0.4, -0.2) is 0 Å². The minimum Gasteiger partial charge on any atom is -0.872 e. The van der Waals surface area contributed by atoms with E-state index in [1.807, 2.05) is 26.0 Å². The van der Waals surface area contributed by atoms with E-state index >= 15 is 0 Å². The molecule has 0 amide bonds. The van der Waals surface area contributed by atoms with Crippen LogP contribution in [0, 0.1) is 13.8 Å². The Hall–Kier alpha value is -0.980. The largest absolute Gasteiger partial charge is 0.872 e. The molecule has 1 nitrogen and oxygen atoms in total. The fourth-order valence-corrected chi connectivity index (χ4v) is 0.707. The Morgan fingerprint density at radius 3 is 2.33 bits per heavy atom. The Bertz CT molecular complexity index is 216. The van der Waals surface area contributed by atoms with E-state index in [0.717, 1.165) is 11.1 Å². The standard InChI is InChI=1S/C8H10O/c1-6-3-4-7(2)8(9)5-6/h3-5,9H,1-2H3/p-1. The molecule has 0 unspecified atom stereocenters. The molecule has 0 aliphatic rings. The number of benzene rings is 1. The van der Waals surface area contributed by atoms with Crippen molar-refractivity contribution in [2.75, 3.05) is 0 Å². The van der Waals surface area contributed by atoms with Crippen LogP contribution in [-0.2, 0) is 0 Å². The Morgan fingerprint density at radius 1 is 1.22 bits per heavy atom. The molecule has 0 N–H and O–H groups in total. The quantitative estimate of drug-likeness (QED) is 0.508. The van der Waals surface area contributed by atoms with Gasteiger partial charge in [0.05, 0.1) is 0 Å². The van der Waals surface area contributed by atoms with Crippen LogP contribution < -0.4 is 5.11 Å². The number of aryl methyl sites for hydroxylation is 2. The monoisotopic (exact) mass is 121 g/mol. The topological polar surface area (TPSA) is 23.1 Å². The van der Waals surface area contributed by atoms with Gasteiger partial charge in [0.25, 0.3) is 0 Å². The lowest BCUT2D eigenvalue weighted by atomic mass is 10.1. The number of rotatable bonds is 0. The van der Waals surface area contributed by atoms with Crippen LogP contribution in [0.15, 0.2) is 18.2 Å². The van der Waals surface area contributed by atoms with E-state index in [-0.39, 0.29) is 5.75 Å². The Morgan fingerprint density at radius 2 is 1.89 bits per heavy atom. The zero-order valence-corrected chi connectivity index (χ0v) is 5.64. The molecule has 0 aliphatic heterocycles. The molecule has 0 aliphatic carbocycles. The van der Waals surface area contributed by atoms with Crippen LogP contribution in [0.2, 0.25) is 0 Å². The molecule has 0 atom stereocenters. The van der Waals surface area contributed by atoms with Crippen LogP contribution >= 0.6 is 0 Å². The summed E-state index contributed by atoms with van der Waals surface area (Å²) >= 11 is 0. The van der Waals surface area contributed by atoms with Crippen molar-refractivity contribution in [3.63, 3.8) is 0 Å². The van der Waals surface area contributed by atoms with Crippen molar-refractivity contribution in [1.82, 2.24) is 0 Å². The predicted molar refractivity (Wildman–Crippen MR) is 35.4 cm³/mol. The highest BCUT2D eigenvalue weighted by molar-refractivity contribution is 5.33. The van der Waals surface area contributed by atoms with Gasteiger partial charge in [0.2, 0.25) is 0 Å². The maximum absolute atomic E-state index is 10.8. The van der Waals surface area contributed by atoms with Crippen molar-refractivity contribution in [1.29, 1.82) is 0 Å². The molecule has 0 saturated heterocycles. The molecule has 0 fully saturated rings. The summed E-state index contributed by atoms with van der Waals surface area (Å²) in [6.07, 6.45) is 0. The lowest BCUT2D eigenvalue weighted by molar-refractivity contribution is -0.269. The molecule has 0 spiro atoms. The molecular formula is C8H9O-. The van der Waals surface area contributed by atoms with Gasteiger partial charge < -0.3 is 5.11 Å². The van der Waals surface area contributed by atoms with E-state index in [4.69, 9.17) is 0 Å². The van der Waals surface area contributed by atoms with Gasteiger partial charge in [-0.15, -0.1) is 5.75 Å². The molecule has 1 aromatic rings. The summed E-state index contributed by atoms with van der Waals surface area (Å²) in [6, 6.07) is 5.43. The molecule has 0 bridgehead atoms. The highest BCUT2D eigenvalue weighted by Gasteiger charge is 1.84.